The van der Waals surface area contributed by atoms with Gasteiger partial charge in [-0.05, 0) is 44.9 Å². The molecule has 1 aliphatic rings. The predicted molar refractivity (Wildman–Crippen MR) is 275 cm³/mol. The first-order valence-electron chi connectivity index (χ1n) is 28.4. The molecule has 67 heavy (non-hydrogen) atoms. The summed E-state index contributed by atoms with van der Waals surface area (Å²) in [7, 11) is 0. The van der Waals surface area contributed by atoms with Gasteiger partial charge in [-0.25, -0.2) is 0 Å². The smallest absolute Gasteiger partial charge is 0.306 e. The van der Waals surface area contributed by atoms with Crippen LogP contribution in [0.15, 0.2) is 24.3 Å². The molecule has 1 aliphatic heterocycles. The van der Waals surface area contributed by atoms with Crippen LogP contribution in [0.1, 0.15) is 271 Å². The number of aliphatic hydroxyl groups excluding tert-OH is 4. The van der Waals surface area contributed by atoms with Gasteiger partial charge in [-0.2, -0.15) is 0 Å². The predicted octanol–water partition coefficient (Wildman–Crippen LogP) is 14.0. The van der Waals surface area contributed by atoms with Gasteiger partial charge < -0.3 is 39.4 Å². The van der Waals surface area contributed by atoms with E-state index in [4.69, 9.17) is 18.9 Å². The summed E-state index contributed by atoms with van der Waals surface area (Å²) in [6, 6.07) is 0. The van der Waals surface area contributed by atoms with Crippen LogP contribution in [0.5, 0.6) is 0 Å². The summed E-state index contributed by atoms with van der Waals surface area (Å²) in [5.74, 6) is -0.800. The van der Waals surface area contributed by atoms with E-state index in [1.165, 1.54) is 186 Å². The molecule has 0 spiro atoms. The van der Waals surface area contributed by atoms with Gasteiger partial charge in [0, 0.05) is 12.8 Å². The van der Waals surface area contributed by atoms with Gasteiger partial charge in [0.2, 0.25) is 0 Å². The lowest BCUT2D eigenvalue weighted by Gasteiger charge is -2.39. The Balaban J connectivity index is 2.19. The minimum atomic E-state index is -1.60. The van der Waals surface area contributed by atoms with Crippen LogP contribution in [0.3, 0.4) is 0 Å². The Morgan fingerprint density at radius 1 is 0.463 bits per heavy atom. The van der Waals surface area contributed by atoms with Crippen LogP contribution < -0.4 is 0 Å². The molecule has 0 aliphatic carbocycles. The molecule has 0 aromatic rings. The van der Waals surface area contributed by atoms with Crippen LogP contribution in [-0.2, 0) is 28.5 Å². The molecule has 0 aromatic heterocycles. The lowest BCUT2D eigenvalue weighted by molar-refractivity contribution is -0.305. The summed E-state index contributed by atoms with van der Waals surface area (Å²) in [4.78, 5) is 25.5. The maximum absolute atomic E-state index is 12.9. The highest BCUT2D eigenvalue weighted by molar-refractivity contribution is 5.70. The molecule has 1 heterocycles. The second kappa shape index (κ2) is 47.8. The van der Waals surface area contributed by atoms with Crippen molar-refractivity contribution in [3.8, 4) is 0 Å². The van der Waals surface area contributed by atoms with Crippen molar-refractivity contribution in [1.29, 1.82) is 0 Å². The van der Waals surface area contributed by atoms with E-state index in [1.807, 2.05) is 0 Å². The third kappa shape index (κ3) is 38.6. The van der Waals surface area contributed by atoms with Gasteiger partial charge in [0.25, 0.3) is 0 Å². The summed E-state index contributed by atoms with van der Waals surface area (Å²) < 4.78 is 22.3. The average Bonchev–Trinajstić information content (AvgIpc) is 3.33. The van der Waals surface area contributed by atoms with Gasteiger partial charge in [-0.1, -0.05) is 237 Å². The van der Waals surface area contributed by atoms with Gasteiger partial charge in [0.1, 0.15) is 31.0 Å². The molecule has 1 fully saturated rings. The molecule has 10 nitrogen and oxygen atoms in total. The number of aliphatic hydroxyl groups is 4. The third-order valence-corrected chi connectivity index (χ3v) is 13.3. The van der Waals surface area contributed by atoms with Gasteiger partial charge in [0.05, 0.1) is 13.2 Å². The van der Waals surface area contributed by atoms with E-state index >= 15 is 0 Å². The number of ether oxygens (including phenoxy) is 4. The minimum absolute atomic E-state index is 0.216. The SMILES string of the molecule is CCCCCC/C=C\C/C=C\CCCCCCCCCC(=O)OC(COC(=O)CCCCCCCCCCCCCCCCCCCCCCCCCC)COC1OC(CO)C(O)C(O)C1O. The first-order chi connectivity index (χ1) is 32.8. The molecule has 0 radical (unpaired) electrons. The summed E-state index contributed by atoms with van der Waals surface area (Å²) in [6.07, 6.45) is 49.1. The number of esters is 2. The van der Waals surface area contributed by atoms with Crippen molar-refractivity contribution in [2.45, 2.75) is 307 Å². The summed E-state index contributed by atoms with van der Waals surface area (Å²) in [5, 5.41) is 40.3. The Labute approximate surface area is 411 Å². The second-order valence-corrected chi connectivity index (χ2v) is 19.7. The molecule has 4 N–H and O–H groups in total. The monoisotopic (exact) mass is 951 g/mol. The summed E-state index contributed by atoms with van der Waals surface area (Å²) in [6.45, 7) is 3.45. The third-order valence-electron chi connectivity index (χ3n) is 13.3. The molecule has 394 valence electrons. The van der Waals surface area contributed by atoms with Crippen molar-refractivity contribution in [3.05, 3.63) is 24.3 Å². The Morgan fingerprint density at radius 2 is 0.836 bits per heavy atom. The number of allylic oxidation sites excluding steroid dienone is 4. The normalized spacial score (nSPS) is 19.2. The van der Waals surface area contributed by atoms with E-state index in [0.717, 1.165) is 51.4 Å². The van der Waals surface area contributed by atoms with Gasteiger partial charge >= 0.3 is 11.9 Å². The molecular weight excluding hydrogens is 845 g/mol. The molecule has 10 heteroatoms. The van der Waals surface area contributed by atoms with Crippen molar-refractivity contribution in [1.82, 2.24) is 0 Å². The Morgan fingerprint density at radius 3 is 1.25 bits per heavy atom. The second-order valence-electron chi connectivity index (χ2n) is 19.7. The largest absolute Gasteiger partial charge is 0.462 e. The van der Waals surface area contributed by atoms with E-state index in [-0.39, 0.29) is 32.0 Å². The summed E-state index contributed by atoms with van der Waals surface area (Å²) >= 11 is 0. The van der Waals surface area contributed by atoms with Crippen molar-refractivity contribution in [2.75, 3.05) is 19.8 Å². The fourth-order valence-corrected chi connectivity index (χ4v) is 8.87. The average molecular weight is 951 g/mol. The van der Waals surface area contributed by atoms with Crippen molar-refractivity contribution in [2.24, 2.45) is 0 Å². The van der Waals surface area contributed by atoms with E-state index in [9.17, 15) is 30.0 Å². The van der Waals surface area contributed by atoms with Crippen molar-refractivity contribution in [3.63, 3.8) is 0 Å². The number of hydrogen-bond donors (Lipinski definition) is 4. The van der Waals surface area contributed by atoms with Crippen LogP contribution in [0.4, 0.5) is 0 Å². The molecule has 1 rings (SSSR count). The van der Waals surface area contributed by atoms with Crippen LogP contribution in [0.2, 0.25) is 0 Å². The fraction of sp³-hybridized carbons (Fsp3) is 0.895. The van der Waals surface area contributed by atoms with Gasteiger partial charge in [-0.15, -0.1) is 0 Å². The maximum Gasteiger partial charge on any atom is 0.306 e. The number of rotatable bonds is 49. The van der Waals surface area contributed by atoms with Crippen molar-refractivity contribution < 1.29 is 49.0 Å². The lowest BCUT2D eigenvalue weighted by Crippen LogP contribution is -2.59. The van der Waals surface area contributed by atoms with Crippen LogP contribution in [0.25, 0.3) is 0 Å². The number of carbonyl (C=O) groups is 2. The van der Waals surface area contributed by atoms with Gasteiger partial charge in [-0.3, -0.25) is 9.59 Å². The first-order valence-corrected chi connectivity index (χ1v) is 28.4. The van der Waals surface area contributed by atoms with E-state index in [0.29, 0.717) is 6.42 Å². The topological polar surface area (TPSA) is 152 Å². The molecule has 6 unspecified atom stereocenters. The molecule has 0 saturated carbocycles. The molecule has 6 atom stereocenters. The highest BCUT2D eigenvalue weighted by Crippen LogP contribution is 2.23. The Kier molecular flexibility index (Phi) is 45.1. The lowest BCUT2D eigenvalue weighted by atomic mass is 9.99. The molecular formula is C57H106O10. The zero-order chi connectivity index (χ0) is 48.7. The zero-order valence-electron chi connectivity index (χ0n) is 43.4. The standard InChI is InChI=1S/C57H106O10/c1-3-5-7-9-11-13-15-17-19-21-23-24-25-26-27-28-30-31-33-35-37-39-41-43-45-52(59)64-48-50(49-65-57-56(63)55(62)54(61)51(47-58)67-57)66-53(60)46-44-42-40-38-36-34-32-29-22-20-18-16-14-12-10-8-6-4-2/h14,16,20,22,50-51,54-58,61-63H,3-13,15,17-19,21,23-49H2,1-2H3/b16-14-,22-20-. The molecule has 0 aromatic carbocycles. The summed E-state index contributed by atoms with van der Waals surface area (Å²) in [5.41, 5.74) is 0. The highest BCUT2D eigenvalue weighted by Gasteiger charge is 2.44. The minimum Gasteiger partial charge on any atom is -0.462 e. The van der Waals surface area contributed by atoms with Gasteiger partial charge in [0.15, 0.2) is 12.4 Å². The zero-order valence-corrected chi connectivity index (χ0v) is 43.4. The van der Waals surface area contributed by atoms with Crippen molar-refractivity contribution >= 4 is 11.9 Å². The number of carbonyl (C=O) groups excluding carboxylic acids is 2. The van der Waals surface area contributed by atoms with Crippen LogP contribution in [0, 0.1) is 0 Å². The number of unbranched alkanes of at least 4 members (excludes halogenated alkanes) is 34. The molecule has 0 bridgehead atoms. The van der Waals surface area contributed by atoms with Crippen LogP contribution >= 0.6 is 0 Å². The Hall–Kier alpha value is -1.82. The van der Waals surface area contributed by atoms with Crippen LogP contribution in [-0.4, -0.2) is 89.0 Å². The molecule has 0 amide bonds. The van der Waals surface area contributed by atoms with E-state index in [1.54, 1.807) is 0 Å². The van der Waals surface area contributed by atoms with E-state index in [2.05, 4.69) is 38.2 Å². The fourth-order valence-electron chi connectivity index (χ4n) is 8.87. The molecule has 1 saturated heterocycles. The highest BCUT2D eigenvalue weighted by atomic mass is 16.7. The maximum atomic E-state index is 12.9. The number of hydrogen-bond acceptors (Lipinski definition) is 10. The van der Waals surface area contributed by atoms with E-state index < -0.39 is 49.4 Å². The first kappa shape index (κ1) is 63.2. The Bertz CT molecular complexity index is 1140. The quantitative estimate of drug-likeness (QED) is 0.0263.